The zero-order valence-corrected chi connectivity index (χ0v) is 8.55. The van der Waals surface area contributed by atoms with Crippen molar-refractivity contribution in [3.05, 3.63) is 0 Å². The van der Waals surface area contributed by atoms with E-state index in [-0.39, 0.29) is 18.3 Å². The van der Waals surface area contributed by atoms with Crippen LogP contribution in [-0.2, 0) is 4.79 Å². The Balaban J connectivity index is 0.00000144. The van der Waals surface area contributed by atoms with Gasteiger partial charge in [0.25, 0.3) is 0 Å². The van der Waals surface area contributed by atoms with Crippen LogP contribution >= 0.6 is 12.4 Å². The van der Waals surface area contributed by atoms with Crippen LogP contribution in [-0.4, -0.2) is 17.6 Å². The van der Waals surface area contributed by atoms with Crippen molar-refractivity contribution >= 4 is 18.4 Å². The number of carboxylic acid groups (broad SMARTS) is 1. The highest BCUT2D eigenvalue weighted by Gasteiger charge is 2.24. The number of halogens is 1. The predicted molar refractivity (Wildman–Crippen MR) is 54.0 cm³/mol. The van der Waals surface area contributed by atoms with Crippen LogP contribution in [0.1, 0.15) is 32.1 Å². The fraction of sp³-hybridized carbons (Fsp3) is 0.889. The van der Waals surface area contributed by atoms with Gasteiger partial charge in [0.15, 0.2) is 0 Å². The lowest BCUT2D eigenvalue weighted by atomic mass is 9.81. The zero-order chi connectivity index (χ0) is 8.97. The van der Waals surface area contributed by atoms with E-state index in [4.69, 9.17) is 10.8 Å². The third kappa shape index (κ3) is 3.96. The summed E-state index contributed by atoms with van der Waals surface area (Å²) in [6, 6.07) is 0. The van der Waals surface area contributed by atoms with Crippen LogP contribution in [0.15, 0.2) is 0 Å². The van der Waals surface area contributed by atoms with Gasteiger partial charge in [-0.3, -0.25) is 4.79 Å². The lowest BCUT2D eigenvalue weighted by Crippen LogP contribution is -2.22. The molecule has 0 aromatic rings. The van der Waals surface area contributed by atoms with Crippen molar-refractivity contribution < 1.29 is 9.90 Å². The van der Waals surface area contributed by atoms with Crippen molar-refractivity contribution in [1.29, 1.82) is 0 Å². The summed E-state index contributed by atoms with van der Waals surface area (Å²) in [4.78, 5) is 10.6. The number of carbonyl (C=O) groups is 1. The lowest BCUT2D eigenvalue weighted by Gasteiger charge is -2.25. The fourth-order valence-corrected chi connectivity index (χ4v) is 1.93. The molecule has 1 aliphatic carbocycles. The molecule has 0 radical (unpaired) electrons. The molecular weight excluding hydrogens is 190 g/mol. The maximum absolute atomic E-state index is 10.6. The minimum Gasteiger partial charge on any atom is -0.481 e. The van der Waals surface area contributed by atoms with E-state index in [0.717, 1.165) is 38.6 Å². The van der Waals surface area contributed by atoms with Gasteiger partial charge in [0.1, 0.15) is 0 Å². The van der Waals surface area contributed by atoms with Crippen molar-refractivity contribution in [2.45, 2.75) is 32.1 Å². The molecule has 1 aliphatic rings. The molecular formula is C9H18ClNO2. The second-order valence-electron chi connectivity index (χ2n) is 3.63. The molecule has 1 fully saturated rings. The first-order chi connectivity index (χ1) is 5.74. The highest BCUT2D eigenvalue weighted by atomic mass is 35.5. The number of nitrogens with two attached hydrogens (primary N) is 1. The Morgan fingerprint density at radius 1 is 1.31 bits per heavy atom. The van der Waals surface area contributed by atoms with Gasteiger partial charge in [-0.1, -0.05) is 0 Å². The van der Waals surface area contributed by atoms with Crippen LogP contribution < -0.4 is 5.73 Å². The summed E-state index contributed by atoms with van der Waals surface area (Å²) in [5, 5.41) is 8.73. The van der Waals surface area contributed by atoms with Crippen LogP contribution in [0.5, 0.6) is 0 Å². The quantitative estimate of drug-likeness (QED) is 0.740. The normalized spacial score (nSPS) is 27.8. The molecule has 4 heteroatoms. The van der Waals surface area contributed by atoms with E-state index in [1.807, 2.05) is 0 Å². The summed E-state index contributed by atoms with van der Waals surface area (Å²) >= 11 is 0. The fourth-order valence-electron chi connectivity index (χ4n) is 1.93. The second-order valence-corrected chi connectivity index (χ2v) is 3.63. The highest BCUT2D eigenvalue weighted by molar-refractivity contribution is 5.85. The Bertz CT molecular complexity index is 156. The Kier molecular flexibility index (Phi) is 6.08. The van der Waals surface area contributed by atoms with Crippen LogP contribution in [0, 0.1) is 11.8 Å². The minimum atomic E-state index is -0.624. The van der Waals surface area contributed by atoms with Crippen LogP contribution in [0.2, 0.25) is 0 Å². The van der Waals surface area contributed by atoms with E-state index in [2.05, 4.69) is 0 Å². The number of hydrogen-bond donors (Lipinski definition) is 2. The highest BCUT2D eigenvalue weighted by Crippen LogP contribution is 2.30. The molecule has 0 aliphatic heterocycles. The molecule has 0 atom stereocenters. The topological polar surface area (TPSA) is 63.3 Å². The van der Waals surface area contributed by atoms with E-state index < -0.39 is 5.97 Å². The molecule has 0 aromatic carbocycles. The van der Waals surface area contributed by atoms with Crippen molar-refractivity contribution in [2.75, 3.05) is 6.54 Å². The first kappa shape index (κ1) is 12.7. The Hall–Kier alpha value is -0.280. The second kappa shape index (κ2) is 6.22. The summed E-state index contributed by atoms with van der Waals surface area (Å²) in [7, 11) is 0. The SMILES string of the molecule is Cl.NCCC1CCC(C(=O)O)CC1. The van der Waals surface area contributed by atoms with Gasteiger partial charge in [-0.05, 0) is 44.6 Å². The molecule has 13 heavy (non-hydrogen) atoms. The number of hydrogen-bond acceptors (Lipinski definition) is 2. The van der Waals surface area contributed by atoms with Gasteiger partial charge in [-0.15, -0.1) is 12.4 Å². The molecule has 0 unspecified atom stereocenters. The molecule has 0 bridgehead atoms. The summed E-state index contributed by atoms with van der Waals surface area (Å²) in [6.07, 6.45) is 4.86. The van der Waals surface area contributed by atoms with Gasteiger partial charge in [-0.25, -0.2) is 0 Å². The van der Waals surface area contributed by atoms with Gasteiger partial charge in [0, 0.05) is 0 Å². The van der Waals surface area contributed by atoms with Gasteiger partial charge < -0.3 is 10.8 Å². The molecule has 78 valence electrons. The molecule has 0 heterocycles. The Morgan fingerprint density at radius 3 is 2.23 bits per heavy atom. The van der Waals surface area contributed by atoms with Gasteiger partial charge >= 0.3 is 5.97 Å². The summed E-state index contributed by atoms with van der Waals surface area (Å²) in [5.74, 6) is -0.0224. The molecule has 0 amide bonds. The number of rotatable bonds is 3. The zero-order valence-electron chi connectivity index (χ0n) is 7.74. The van der Waals surface area contributed by atoms with E-state index in [0.29, 0.717) is 5.92 Å². The summed E-state index contributed by atoms with van der Waals surface area (Å²) in [5.41, 5.74) is 5.44. The van der Waals surface area contributed by atoms with Crippen LogP contribution in [0.4, 0.5) is 0 Å². The van der Waals surface area contributed by atoms with Crippen molar-refractivity contribution in [1.82, 2.24) is 0 Å². The van der Waals surface area contributed by atoms with Crippen LogP contribution in [0.25, 0.3) is 0 Å². The third-order valence-corrected chi connectivity index (χ3v) is 2.77. The first-order valence-electron chi connectivity index (χ1n) is 4.67. The molecule has 0 aromatic heterocycles. The number of carboxylic acids is 1. The van der Waals surface area contributed by atoms with Gasteiger partial charge in [-0.2, -0.15) is 0 Å². The predicted octanol–water partition coefficient (Wildman–Crippen LogP) is 1.65. The summed E-state index contributed by atoms with van der Waals surface area (Å²) < 4.78 is 0. The van der Waals surface area contributed by atoms with E-state index in [1.54, 1.807) is 0 Å². The molecule has 1 rings (SSSR count). The maximum atomic E-state index is 10.6. The molecule has 1 saturated carbocycles. The first-order valence-corrected chi connectivity index (χ1v) is 4.67. The van der Waals surface area contributed by atoms with E-state index in [1.165, 1.54) is 0 Å². The molecule has 3 N–H and O–H groups in total. The van der Waals surface area contributed by atoms with E-state index >= 15 is 0 Å². The standard InChI is InChI=1S/C9H17NO2.ClH/c10-6-5-7-1-3-8(4-2-7)9(11)12;/h7-8H,1-6,10H2,(H,11,12);1H. The molecule has 0 saturated heterocycles. The lowest BCUT2D eigenvalue weighted by molar-refractivity contribution is -0.143. The van der Waals surface area contributed by atoms with Gasteiger partial charge in [0.2, 0.25) is 0 Å². The average molecular weight is 208 g/mol. The monoisotopic (exact) mass is 207 g/mol. The minimum absolute atomic E-state index is 0. The number of aliphatic carboxylic acids is 1. The average Bonchev–Trinajstić information content (AvgIpc) is 2.06. The van der Waals surface area contributed by atoms with Gasteiger partial charge in [0.05, 0.1) is 5.92 Å². The molecule has 0 spiro atoms. The summed E-state index contributed by atoms with van der Waals surface area (Å²) in [6.45, 7) is 0.738. The van der Waals surface area contributed by atoms with Crippen molar-refractivity contribution in [3.63, 3.8) is 0 Å². The Labute approximate surface area is 85.1 Å². The van der Waals surface area contributed by atoms with E-state index in [9.17, 15) is 4.79 Å². The molecule has 3 nitrogen and oxygen atoms in total. The van der Waals surface area contributed by atoms with Crippen molar-refractivity contribution in [2.24, 2.45) is 17.6 Å². The largest absolute Gasteiger partial charge is 0.481 e. The Morgan fingerprint density at radius 2 is 1.85 bits per heavy atom. The maximum Gasteiger partial charge on any atom is 0.306 e. The van der Waals surface area contributed by atoms with Crippen molar-refractivity contribution in [3.8, 4) is 0 Å². The smallest absolute Gasteiger partial charge is 0.306 e. The third-order valence-electron chi connectivity index (χ3n) is 2.77. The van der Waals surface area contributed by atoms with Crippen LogP contribution in [0.3, 0.4) is 0 Å².